The summed E-state index contributed by atoms with van der Waals surface area (Å²) in [5, 5.41) is 6.02. The van der Waals surface area contributed by atoms with Gasteiger partial charge in [0.2, 0.25) is 11.8 Å². The Labute approximate surface area is 194 Å². The molecular weight excluding hydrogens is 418 g/mol. The number of carbonyl (C=O) groups excluding carboxylic acids is 3. The number of likely N-dealkylation sites (tertiary alicyclic amines) is 1. The van der Waals surface area contributed by atoms with Gasteiger partial charge in [0, 0.05) is 18.2 Å². The molecule has 0 unspecified atom stereocenters. The van der Waals surface area contributed by atoms with Crippen molar-refractivity contribution < 1.29 is 19.1 Å². The molecule has 2 fully saturated rings. The van der Waals surface area contributed by atoms with E-state index in [9.17, 15) is 14.4 Å². The van der Waals surface area contributed by atoms with Crippen molar-refractivity contribution in [1.82, 2.24) is 15.5 Å². The van der Waals surface area contributed by atoms with Crippen LogP contribution in [0.3, 0.4) is 0 Å². The fourth-order valence-corrected chi connectivity index (χ4v) is 4.75. The number of methoxy groups -OCH3 is 1. The Hall–Kier alpha value is -3.35. The topological polar surface area (TPSA) is 87.7 Å². The molecule has 1 heterocycles. The highest BCUT2D eigenvalue weighted by Crippen LogP contribution is 2.26. The quantitative estimate of drug-likeness (QED) is 0.680. The molecule has 1 saturated carbocycles. The fourth-order valence-electron chi connectivity index (χ4n) is 4.75. The van der Waals surface area contributed by atoms with Crippen molar-refractivity contribution in [2.75, 3.05) is 13.7 Å². The van der Waals surface area contributed by atoms with E-state index in [4.69, 9.17) is 4.74 Å². The SMILES string of the molecule is COc1cccc(C(=O)N[C@H](C(=O)N2CCC[C@H]2C(=O)NC2CCCC2)c2ccccc2)c1. The largest absolute Gasteiger partial charge is 0.497 e. The van der Waals surface area contributed by atoms with E-state index < -0.39 is 12.1 Å². The zero-order valence-corrected chi connectivity index (χ0v) is 19.0. The van der Waals surface area contributed by atoms with Gasteiger partial charge in [-0.2, -0.15) is 0 Å². The molecule has 1 aliphatic heterocycles. The summed E-state index contributed by atoms with van der Waals surface area (Å²) in [4.78, 5) is 41.4. The van der Waals surface area contributed by atoms with E-state index in [0.717, 1.165) is 32.1 Å². The zero-order chi connectivity index (χ0) is 23.2. The van der Waals surface area contributed by atoms with Gasteiger partial charge in [0.15, 0.2) is 0 Å². The molecule has 4 rings (SSSR count). The molecule has 2 aromatic carbocycles. The number of nitrogens with one attached hydrogen (secondary N) is 2. The number of hydrogen-bond donors (Lipinski definition) is 2. The summed E-state index contributed by atoms with van der Waals surface area (Å²) in [6.07, 6.45) is 5.65. The summed E-state index contributed by atoms with van der Waals surface area (Å²) < 4.78 is 5.22. The molecule has 7 heteroatoms. The second-order valence-electron chi connectivity index (χ2n) is 8.73. The summed E-state index contributed by atoms with van der Waals surface area (Å²) in [7, 11) is 1.54. The van der Waals surface area contributed by atoms with Gasteiger partial charge in [-0.3, -0.25) is 14.4 Å². The summed E-state index contributed by atoms with van der Waals surface area (Å²) in [6.45, 7) is 0.500. The number of nitrogens with zero attached hydrogens (tertiary/aromatic N) is 1. The first-order valence-electron chi connectivity index (χ1n) is 11.7. The highest BCUT2D eigenvalue weighted by Gasteiger charge is 2.39. The lowest BCUT2D eigenvalue weighted by Crippen LogP contribution is -2.51. The highest BCUT2D eigenvalue weighted by molar-refractivity contribution is 5.99. The minimum atomic E-state index is -0.884. The maximum absolute atomic E-state index is 13.7. The molecule has 2 N–H and O–H groups in total. The Kier molecular flexibility index (Phi) is 7.27. The van der Waals surface area contributed by atoms with E-state index in [2.05, 4.69) is 10.6 Å². The molecule has 1 aliphatic carbocycles. The van der Waals surface area contributed by atoms with E-state index in [0.29, 0.717) is 29.8 Å². The average Bonchev–Trinajstić information content (AvgIpc) is 3.55. The lowest BCUT2D eigenvalue weighted by Gasteiger charge is -2.29. The van der Waals surface area contributed by atoms with Crippen LogP contribution >= 0.6 is 0 Å². The van der Waals surface area contributed by atoms with Crippen LogP contribution < -0.4 is 15.4 Å². The molecule has 2 aliphatic rings. The second kappa shape index (κ2) is 10.5. The molecule has 174 valence electrons. The van der Waals surface area contributed by atoms with Crippen molar-refractivity contribution in [1.29, 1.82) is 0 Å². The first-order valence-corrected chi connectivity index (χ1v) is 11.7. The molecule has 1 saturated heterocycles. The first-order chi connectivity index (χ1) is 16.1. The van der Waals surface area contributed by atoms with Crippen molar-refractivity contribution in [3.8, 4) is 5.75 Å². The molecule has 0 radical (unpaired) electrons. The molecule has 0 aromatic heterocycles. The summed E-state index contributed by atoms with van der Waals surface area (Å²) in [5.41, 5.74) is 1.08. The third kappa shape index (κ3) is 5.35. The van der Waals surface area contributed by atoms with Crippen LogP contribution in [0.5, 0.6) is 5.75 Å². The Balaban J connectivity index is 1.54. The summed E-state index contributed by atoms with van der Waals surface area (Å²) >= 11 is 0. The predicted molar refractivity (Wildman–Crippen MR) is 125 cm³/mol. The van der Waals surface area contributed by atoms with E-state index in [1.54, 1.807) is 29.2 Å². The first kappa shape index (κ1) is 22.8. The van der Waals surface area contributed by atoms with Crippen molar-refractivity contribution in [3.05, 3.63) is 65.7 Å². The monoisotopic (exact) mass is 449 g/mol. The van der Waals surface area contributed by atoms with Crippen LogP contribution in [0.1, 0.15) is 60.5 Å². The van der Waals surface area contributed by atoms with E-state index >= 15 is 0 Å². The number of hydrogen-bond acceptors (Lipinski definition) is 4. The van der Waals surface area contributed by atoms with Gasteiger partial charge in [0.1, 0.15) is 17.8 Å². The van der Waals surface area contributed by atoms with Crippen LogP contribution in [0.25, 0.3) is 0 Å². The van der Waals surface area contributed by atoms with Crippen molar-refractivity contribution in [3.63, 3.8) is 0 Å². The van der Waals surface area contributed by atoms with Crippen LogP contribution in [0.2, 0.25) is 0 Å². The predicted octanol–water partition coefficient (Wildman–Crippen LogP) is 3.22. The average molecular weight is 450 g/mol. The smallest absolute Gasteiger partial charge is 0.252 e. The molecule has 0 spiro atoms. The third-order valence-electron chi connectivity index (χ3n) is 6.53. The highest BCUT2D eigenvalue weighted by atomic mass is 16.5. The third-order valence-corrected chi connectivity index (χ3v) is 6.53. The van der Waals surface area contributed by atoms with Crippen LogP contribution in [0.15, 0.2) is 54.6 Å². The van der Waals surface area contributed by atoms with Gasteiger partial charge in [-0.1, -0.05) is 49.2 Å². The molecule has 0 bridgehead atoms. The van der Waals surface area contributed by atoms with Crippen LogP contribution in [-0.4, -0.2) is 48.4 Å². The van der Waals surface area contributed by atoms with Gasteiger partial charge in [0.25, 0.3) is 5.91 Å². The molecule has 3 amide bonds. The number of rotatable bonds is 7. The molecular formula is C26H31N3O4. The van der Waals surface area contributed by atoms with Crippen molar-refractivity contribution in [2.45, 2.75) is 56.7 Å². The van der Waals surface area contributed by atoms with Crippen molar-refractivity contribution >= 4 is 17.7 Å². The normalized spacial score (nSPS) is 19.2. The number of ether oxygens (including phenoxy) is 1. The lowest BCUT2D eigenvalue weighted by molar-refractivity contribution is -0.140. The van der Waals surface area contributed by atoms with Crippen molar-refractivity contribution in [2.24, 2.45) is 0 Å². The Morgan fingerprint density at radius 3 is 2.45 bits per heavy atom. The van der Waals surface area contributed by atoms with Gasteiger partial charge in [0.05, 0.1) is 7.11 Å². The van der Waals surface area contributed by atoms with E-state index in [1.807, 2.05) is 30.3 Å². The van der Waals surface area contributed by atoms with Crippen LogP contribution in [0.4, 0.5) is 0 Å². The molecule has 2 atom stereocenters. The maximum Gasteiger partial charge on any atom is 0.252 e. The Morgan fingerprint density at radius 1 is 0.970 bits per heavy atom. The zero-order valence-electron chi connectivity index (χ0n) is 19.0. The Morgan fingerprint density at radius 2 is 1.73 bits per heavy atom. The number of benzene rings is 2. The number of carbonyl (C=O) groups is 3. The van der Waals surface area contributed by atoms with Crippen LogP contribution in [-0.2, 0) is 9.59 Å². The Bertz CT molecular complexity index is 988. The molecule has 33 heavy (non-hydrogen) atoms. The summed E-state index contributed by atoms with van der Waals surface area (Å²) in [6, 6.07) is 14.8. The summed E-state index contributed by atoms with van der Waals surface area (Å²) in [5.74, 6) is -0.157. The fraction of sp³-hybridized carbons (Fsp3) is 0.423. The second-order valence-corrected chi connectivity index (χ2v) is 8.73. The van der Waals surface area contributed by atoms with Gasteiger partial charge in [-0.15, -0.1) is 0 Å². The molecule has 2 aromatic rings. The van der Waals surface area contributed by atoms with E-state index in [-0.39, 0.29) is 23.8 Å². The van der Waals surface area contributed by atoms with Gasteiger partial charge in [-0.05, 0) is 49.4 Å². The minimum Gasteiger partial charge on any atom is -0.497 e. The molecule has 7 nitrogen and oxygen atoms in total. The van der Waals surface area contributed by atoms with Crippen LogP contribution in [0, 0.1) is 0 Å². The maximum atomic E-state index is 13.7. The minimum absolute atomic E-state index is 0.0846. The van der Waals surface area contributed by atoms with Gasteiger partial charge in [-0.25, -0.2) is 0 Å². The van der Waals surface area contributed by atoms with E-state index in [1.165, 1.54) is 7.11 Å². The standard InChI is InChI=1S/C26H31N3O4/c1-33-21-14-7-11-19(17-21)24(30)28-23(18-9-3-2-4-10-18)26(32)29-16-8-15-22(29)25(31)27-20-12-5-6-13-20/h2-4,7,9-11,14,17,20,22-23H,5-6,8,12-13,15-16H2,1H3,(H,27,31)(H,28,30)/t22-,23-/m0/s1. The van der Waals surface area contributed by atoms with Gasteiger partial charge < -0.3 is 20.3 Å². The lowest BCUT2D eigenvalue weighted by atomic mass is 10.0. The van der Waals surface area contributed by atoms with Gasteiger partial charge >= 0.3 is 0 Å². The number of amides is 3.